The van der Waals surface area contributed by atoms with Crippen molar-refractivity contribution >= 4 is 12.1 Å². The maximum atomic E-state index is 11.8. The lowest BCUT2D eigenvalue weighted by Gasteiger charge is -2.29. The molecule has 5 nitrogen and oxygen atoms in total. The second-order valence-electron chi connectivity index (χ2n) is 5.13. The Morgan fingerprint density at radius 1 is 1.39 bits per heavy atom. The molecule has 1 aliphatic heterocycles. The third-order valence-corrected chi connectivity index (χ3v) is 2.40. The first-order valence-electron chi connectivity index (χ1n) is 6.17. The van der Waals surface area contributed by atoms with Gasteiger partial charge in [-0.25, -0.2) is 9.59 Å². The zero-order chi connectivity index (χ0) is 13.8. The van der Waals surface area contributed by atoms with Crippen LogP contribution in [0.1, 0.15) is 34.1 Å². The van der Waals surface area contributed by atoms with Crippen LogP contribution in [0.25, 0.3) is 0 Å². The van der Waals surface area contributed by atoms with Gasteiger partial charge in [-0.3, -0.25) is 0 Å². The summed E-state index contributed by atoms with van der Waals surface area (Å²) >= 11 is 0. The summed E-state index contributed by atoms with van der Waals surface area (Å²) in [6, 6.07) is 0. The Labute approximate surface area is 108 Å². The molecular formula is C13H21NO4. The first-order valence-corrected chi connectivity index (χ1v) is 6.17. The first kappa shape index (κ1) is 14.5. The van der Waals surface area contributed by atoms with E-state index in [4.69, 9.17) is 9.47 Å². The monoisotopic (exact) mass is 255 g/mol. The van der Waals surface area contributed by atoms with Gasteiger partial charge in [-0.15, -0.1) is 0 Å². The highest BCUT2D eigenvalue weighted by atomic mass is 16.6. The molecule has 0 saturated heterocycles. The van der Waals surface area contributed by atoms with Crippen LogP contribution >= 0.6 is 0 Å². The van der Waals surface area contributed by atoms with E-state index in [0.717, 1.165) is 0 Å². The minimum atomic E-state index is -0.498. The number of amides is 1. The largest absolute Gasteiger partial charge is 0.463 e. The molecule has 0 unspecified atom stereocenters. The van der Waals surface area contributed by atoms with Crippen molar-refractivity contribution in [2.75, 3.05) is 19.7 Å². The maximum absolute atomic E-state index is 11.8. The highest BCUT2D eigenvalue weighted by Crippen LogP contribution is 2.16. The minimum Gasteiger partial charge on any atom is -0.463 e. The SMILES string of the molecule is CCOC(=O)C1=CCN(C(=O)OC(C)(C)C)CC1. The van der Waals surface area contributed by atoms with Gasteiger partial charge in [0.2, 0.25) is 0 Å². The number of rotatable bonds is 2. The quantitative estimate of drug-likeness (QED) is 0.709. The molecular weight excluding hydrogens is 234 g/mol. The highest BCUT2D eigenvalue weighted by molar-refractivity contribution is 5.89. The lowest BCUT2D eigenvalue weighted by Crippen LogP contribution is -2.39. The number of carbonyl (C=O) groups is 2. The van der Waals surface area contributed by atoms with Gasteiger partial charge in [0.15, 0.2) is 0 Å². The van der Waals surface area contributed by atoms with Crippen molar-refractivity contribution < 1.29 is 19.1 Å². The third kappa shape index (κ3) is 4.39. The van der Waals surface area contributed by atoms with E-state index in [0.29, 0.717) is 31.7 Å². The standard InChI is InChI=1S/C13H21NO4/c1-5-17-11(15)10-6-8-14(9-7-10)12(16)18-13(2,3)4/h6H,5,7-9H2,1-4H3. The Morgan fingerprint density at radius 2 is 2.06 bits per heavy atom. The zero-order valence-electron chi connectivity index (χ0n) is 11.5. The van der Waals surface area contributed by atoms with Gasteiger partial charge in [0.05, 0.1) is 6.61 Å². The summed E-state index contributed by atoms with van der Waals surface area (Å²) in [4.78, 5) is 24.8. The van der Waals surface area contributed by atoms with Crippen LogP contribution in [-0.2, 0) is 14.3 Å². The molecule has 0 bridgehead atoms. The average molecular weight is 255 g/mol. The van der Waals surface area contributed by atoms with Gasteiger partial charge in [0, 0.05) is 18.7 Å². The Hall–Kier alpha value is -1.52. The molecule has 0 fully saturated rings. The molecule has 1 amide bonds. The molecule has 0 aliphatic carbocycles. The van der Waals surface area contributed by atoms with Crippen LogP contribution in [0.15, 0.2) is 11.6 Å². The molecule has 18 heavy (non-hydrogen) atoms. The zero-order valence-corrected chi connectivity index (χ0v) is 11.5. The van der Waals surface area contributed by atoms with Crippen LogP contribution in [0.4, 0.5) is 4.79 Å². The Morgan fingerprint density at radius 3 is 2.50 bits per heavy atom. The minimum absolute atomic E-state index is 0.290. The second-order valence-corrected chi connectivity index (χ2v) is 5.13. The van der Waals surface area contributed by atoms with Crippen LogP contribution in [0, 0.1) is 0 Å². The lowest BCUT2D eigenvalue weighted by atomic mass is 10.1. The normalized spacial score (nSPS) is 16.0. The molecule has 0 radical (unpaired) electrons. The van der Waals surface area contributed by atoms with Crippen LogP contribution in [0.5, 0.6) is 0 Å². The van der Waals surface area contributed by atoms with Crippen molar-refractivity contribution in [3.8, 4) is 0 Å². The number of nitrogens with zero attached hydrogens (tertiary/aromatic N) is 1. The molecule has 102 valence electrons. The summed E-state index contributed by atoms with van der Waals surface area (Å²) in [7, 11) is 0. The first-order chi connectivity index (χ1) is 8.33. The molecule has 1 aliphatic rings. The summed E-state index contributed by atoms with van der Waals surface area (Å²) in [6.45, 7) is 8.50. The van der Waals surface area contributed by atoms with Gasteiger partial charge in [-0.2, -0.15) is 0 Å². The molecule has 0 aromatic rings. The number of hydrogen-bond acceptors (Lipinski definition) is 4. The van der Waals surface area contributed by atoms with Crippen LogP contribution < -0.4 is 0 Å². The predicted octanol–water partition coefficient (Wildman–Crippen LogP) is 2.12. The Kier molecular flexibility index (Phi) is 4.76. The van der Waals surface area contributed by atoms with E-state index in [1.54, 1.807) is 17.9 Å². The Balaban J connectivity index is 2.52. The van der Waals surface area contributed by atoms with Gasteiger partial charge in [0.25, 0.3) is 0 Å². The van der Waals surface area contributed by atoms with Crippen molar-refractivity contribution in [2.45, 2.75) is 39.7 Å². The Bertz CT molecular complexity index is 354. The molecule has 1 heterocycles. The molecule has 0 spiro atoms. The van der Waals surface area contributed by atoms with E-state index in [1.165, 1.54) is 0 Å². The van der Waals surface area contributed by atoms with Gasteiger partial charge in [0.1, 0.15) is 5.60 Å². The van der Waals surface area contributed by atoms with Crippen molar-refractivity contribution in [3.63, 3.8) is 0 Å². The molecule has 0 aromatic carbocycles. The van der Waals surface area contributed by atoms with Gasteiger partial charge < -0.3 is 14.4 Å². The summed E-state index contributed by atoms with van der Waals surface area (Å²) in [5.74, 6) is -0.290. The molecule has 1 rings (SSSR count). The summed E-state index contributed by atoms with van der Waals surface area (Å²) < 4.78 is 10.2. The van der Waals surface area contributed by atoms with E-state index in [9.17, 15) is 9.59 Å². The number of hydrogen-bond donors (Lipinski definition) is 0. The molecule has 0 atom stereocenters. The van der Waals surface area contributed by atoms with Gasteiger partial charge in [-0.1, -0.05) is 6.08 Å². The van der Waals surface area contributed by atoms with E-state index in [-0.39, 0.29) is 12.1 Å². The summed E-state index contributed by atoms with van der Waals surface area (Å²) in [5.41, 5.74) is 0.138. The molecule has 0 N–H and O–H groups in total. The fourth-order valence-electron chi connectivity index (χ4n) is 1.57. The second kappa shape index (κ2) is 5.89. The van der Waals surface area contributed by atoms with E-state index in [2.05, 4.69) is 0 Å². The van der Waals surface area contributed by atoms with Crippen molar-refractivity contribution in [1.82, 2.24) is 4.90 Å². The van der Waals surface area contributed by atoms with Crippen molar-refractivity contribution in [3.05, 3.63) is 11.6 Å². The molecule has 5 heteroatoms. The highest BCUT2D eigenvalue weighted by Gasteiger charge is 2.25. The van der Waals surface area contributed by atoms with Crippen molar-refractivity contribution in [1.29, 1.82) is 0 Å². The van der Waals surface area contributed by atoms with E-state index < -0.39 is 5.60 Å². The van der Waals surface area contributed by atoms with Gasteiger partial charge >= 0.3 is 12.1 Å². The topological polar surface area (TPSA) is 55.8 Å². The summed E-state index contributed by atoms with van der Waals surface area (Å²) in [6.07, 6.45) is 1.89. The van der Waals surface area contributed by atoms with Crippen LogP contribution in [0.3, 0.4) is 0 Å². The van der Waals surface area contributed by atoms with Gasteiger partial charge in [-0.05, 0) is 34.1 Å². The van der Waals surface area contributed by atoms with Crippen LogP contribution in [0.2, 0.25) is 0 Å². The fourth-order valence-corrected chi connectivity index (χ4v) is 1.57. The number of carbonyl (C=O) groups excluding carboxylic acids is 2. The smallest absolute Gasteiger partial charge is 0.410 e. The number of esters is 1. The fraction of sp³-hybridized carbons (Fsp3) is 0.692. The number of ether oxygens (including phenoxy) is 2. The van der Waals surface area contributed by atoms with E-state index >= 15 is 0 Å². The maximum Gasteiger partial charge on any atom is 0.410 e. The third-order valence-electron chi connectivity index (χ3n) is 2.40. The molecule has 0 aromatic heterocycles. The van der Waals surface area contributed by atoms with Crippen molar-refractivity contribution in [2.24, 2.45) is 0 Å². The van der Waals surface area contributed by atoms with Crippen LogP contribution in [-0.4, -0.2) is 42.3 Å². The predicted molar refractivity (Wildman–Crippen MR) is 67.1 cm³/mol. The summed E-state index contributed by atoms with van der Waals surface area (Å²) in [5, 5.41) is 0. The van der Waals surface area contributed by atoms with E-state index in [1.807, 2.05) is 20.8 Å². The average Bonchev–Trinajstić information content (AvgIpc) is 2.27. The molecule has 0 saturated carbocycles. The lowest BCUT2D eigenvalue weighted by molar-refractivity contribution is -0.138.